The third-order valence-corrected chi connectivity index (χ3v) is 3.29. The summed E-state index contributed by atoms with van der Waals surface area (Å²) in [5.74, 6) is 1.41. The summed E-state index contributed by atoms with van der Waals surface area (Å²) in [5.41, 5.74) is 7.42. The number of benzene rings is 2. The van der Waals surface area contributed by atoms with Gasteiger partial charge in [0, 0.05) is 28.7 Å². The Morgan fingerprint density at radius 2 is 1.90 bits per heavy atom. The number of rotatable bonds is 3. The summed E-state index contributed by atoms with van der Waals surface area (Å²) in [6.07, 6.45) is 1.75. The summed E-state index contributed by atoms with van der Waals surface area (Å²) >= 11 is 5.97. The zero-order valence-electron chi connectivity index (χ0n) is 10.7. The van der Waals surface area contributed by atoms with E-state index in [4.69, 9.17) is 22.1 Å². The molecular formula is C16H13ClN2O. The number of hydrogen-bond donors (Lipinski definition) is 1. The van der Waals surface area contributed by atoms with Crippen molar-refractivity contribution in [2.45, 2.75) is 6.54 Å². The van der Waals surface area contributed by atoms with Crippen LogP contribution >= 0.6 is 11.6 Å². The van der Waals surface area contributed by atoms with Crippen LogP contribution in [0.5, 0.6) is 11.5 Å². The molecule has 0 aliphatic carbocycles. The van der Waals surface area contributed by atoms with Gasteiger partial charge >= 0.3 is 0 Å². The largest absolute Gasteiger partial charge is 0.455 e. The van der Waals surface area contributed by atoms with Crippen molar-refractivity contribution in [2.75, 3.05) is 0 Å². The molecular weight excluding hydrogens is 272 g/mol. The zero-order chi connectivity index (χ0) is 13.9. The third kappa shape index (κ3) is 2.46. The van der Waals surface area contributed by atoms with Crippen LogP contribution in [0.4, 0.5) is 0 Å². The van der Waals surface area contributed by atoms with Crippen LogP contribution in [-0.4, -0.2) is 4.98 Å². The van der Waals surface area contributed by atoms with E-state index in [2.05, 4.69) is 4.98 Å². The molecule has 0 unspecified atom stereocenters. The number of halogens is 1. The second kappa shape index (κ2) is 5.49. The van der Waals surface area contributed by atoms with E-state index < -0.39 is 0 Å². The van der Waals surface area contributed by atoms with Crippen LogP contribution in [0.2, 0.25) is 5.02 Å². The summed E-state index contributed by atoms with van der Waals surface area (Å²) in [6, 6.07) is 15.2. The van der Waals surface area contributed by atoms with Crippen molar-refractivity contribution < 1.29 is 4.74 Å². The molecule has 20 heavy (non-hydrogen) atoms. The van der Waals surface area contributed by atoms with Crippen LogP contribution in [0.15, 0.2) is 54.7 Å². The van der Waals surface area contributed by atoms with Gasteiger partial charge in [-0.3, -0.25) is 4.98 Å². The minimum Gasteiger partial charge on any atom is -0.455 e. The Morgan fingerprint density at radius 3 is 2.75 bits per heavy atom. The maximum atomic E-state index is 5.97. The lowest BCUT2D eigenvalue weighted by Crippen LogP contribution is -1.99. The molecule has 3 rings (SSSR count). The van der Waals surface area contributed by atoms with E-state index in [-0.39, 0.29) is 0 Å². The van der Waals surface area contributed by atoms with Crippen molar-refractivity contribution in [1.82, 2.24) is 4.98 Å². The smallest absolute Gasteiger partial charge is 0.153 e. The first-order valence-corrected chi connectivity index (χ1v) is 6.66. The fraction of sp³-hybridized carbons (Fsp3) is 0.0625. The first kappa shape index (κ1) is 12.9. The highest BCUT2D eigenvalue weighted by atomic mass is 35.5. The molecule has 1 aromatic heterocycles. The molecule has 0 saturated carbocycles. The van der Waals surface area contributed by atoms with Gasteiger partial charge in [0.2, 0.25) is 0 Å². The minimum absolute atomic E-state index is 0.369. The van der Waals surface area contributed by atoms with E-state index in [1.165, 1.54) is 0 Å². The van der Waals surface area contributed by atoms with E-state index in [0.717, 1.165) is 16.5 Å². The predicted octanol–water partition coefficient (Wildman–Crippen LogP) is 4.14. The van der Waals surface area contributed by atoms with Crippen LogP contribution in [-0.2, 0) is 6.54 Å². The number of nitrogens with two attached hydrogens (primary N) is 1. The Labute approximate surface area is 122 Å². The average Bonchev–Trinajstić information content (AvgIpc) is 2.49. The van der Waals surface area contributed by atoms with Crippen molar-refractivity contribution in [3.05, 3.63) is 65.3 Å². The summed E-state index contributed by atoms with van der Waals surface area (Å²) < 4.78 is 5.97. The molecule has 2 aromatic carbocycles. The highest BCUT2D eigenvalue weighted by Crippen LogP contribution is 2.31. The van der Waals surface area contributed by atoms with Crippen LogP contribution < -0.4 is 10.5 Å². The van der Waals surface area contributed by atoms with Crippen LogP contribution in [0.3, 0.4) is 0 Å². The fourth-order valence-corrected chi connectivity index (χ4v) is 2.28. The monoisotopic (exact) mass is 284 g/mol. The molecule has 2 N–H and O–H groups in total. The van der Waals surface area contributed by atoms with E-state index >= 15 is 0 Å². The maximum Gasteiger partial charge on any atom is 0.153 e. The topological polar surface area (TPSA) is 48.1 Å². The molecule has 3 aromatic rings. The second-order valence-electron chi connectivity index (χ2n) is 4.39. The van der Waals surface area contributed by atoms with Crippen molar-refractivity contribution in [3.8, 4) is 11.5 Å². The third-order valence-electron chi connectivity index (χ3n) is 3.06. The first-order valence-electron chi connectivity index (χ1n) is 6.28. The Morgan fingerprint density at radius 1 is 1.05 bits per heavy atom. The fourth-order valence-electron chi connectivity index (χ4n) is 2.08. The molecule has 0 spiro atoms. The first-order chi connectivity index (χ1) is 9.78. The lowest BCUT2D eigenvalue weighted by atomic mass is 10.2. The summed E-state index contributed by atoms with van der Waals surface area (Å²) in [7, 11) is 0. The van der Waals surface area contributed by atoms with E-state index in [0.29, 0.717) is 23.1 Å². The number of fused-ring (bicyclic) bond motifs is 1. The van der Waals surface area contributed by atoms with Gasteiger partial charge in [-0.1, -0.05) is 29.8 Å². The molecule has 100 valence electrons. The Balaban J connectivity index is 2.05. The predicted molar refractivity (Wildman–Crippen MR) is 81.2 cm³/mol. The maximum absolute atomic E-state index is 5.97. The molecule has 0 amide bonds. The van der Waals surface area contributed by atoms with E-state index in [9.17, 15) is 0 Å². The van der Waals surface area contributed by atoms with E-state index in [1.807, 2.05) is 42.5 Å². The lowest BCUT2D eigenvalue weighted by Gasteiger charge is -2.11. The van der Waals surface area contributed by atoms with Crippen molar-refractivity contribution >= 4 is 22.5 Å². The standard InChI is InChI=1S/C16H13ClN2O/c17-13-6-7-14(12(9-13)10-18)20-15-5-1-3-11-4-2-8-19-16(11)15/h1-9H,10,18H2. The van der Waals surface area contributed by atoms with Crippen LogP contribution in [0.1, 0.15) is 5.56 Å². The van der Waals surface area contributed by atoms with Gasteiger partial charge < -0.3 is 10.5 Å². The zero-order valence-corrected chi connectivity index (χ0v) is 11.5. The van der Waals surface area contributed by atoms with Gasteiger partial charge in [-0.25, -0.2) is 0 Å². The number of aromatic nitrogens is 1. The molecule has 0 atom stereocenters. The molecule has 3 nitrogen and oxygen atoms in total. The average molecular weight is 285 g/mol. The van der Waals surface area contributed by atoms with Gasteiger partial charge in [0.25, 0.3) is 0 Å². The van der Waals surface area contributed by atoms with Gasteiger partial charge in [-0.05, 0) is 30.3 Å². The van der Waals surface area contributed by atoms with Crippen LogP contribution in [0, 0.1) is 0 Å². The number of pyridine rings is 1. The summed E-state index contributed by atoms with van der Waals surface area (Å²) in [6.45, 7) is 0.369. The van der Waals surface area contributed by atoms with Crippen molar-refractivity contribution in [2.24, 2.45) is 5.73 Å². The molecule has 0 aliphatic rings. The second-order valence-corrected chi connectivity index (χ2v) is 4.83. The van der Waals surface area contributed by atoms with Gasteiger partial charge in [-0.15, -0.1) is 0 Å². The Hall–Kier alpha value is -2.10. The summed E-state index contributed by atoms with van der Waals surface area (Å²) in [5, 5.41) is 1.68. The number of hydrogen-bond acceptors (Lipinski definition) is 3. The SMILES string of the molecule is NCc1cc(Cl)ccc1Oc1cccc2cccnc12. The highest BCUT2D eigenvalue weighted by Gasteiger charge is 2.08. The minimum atomic E-state index is 0.369. The quantitative estimate of drug-likeness (QED) is 0.786. The van der Waals surface area contributed by atoms with Gasteiger partial charge in [0.05, 0.1) is 0 Å². The van der Waals surface area contributed by atoms with Gasteiger partial charge in [0.1, 0.15) is 11.3 Å². The van der Waals surface area contributed by atoms with Gasteiger partial charge in [-0.2, -0.15) is 0 Å². The van der Waals surface area contributed by atoms with Crippen molar-refractivity contribution in [1.29, 1.82) is 0 Å². The molecule has 0 saturated heterocycles. The molecule has 0 radical (unpaired) electrons. The highest BCUT2D eigenvalue weighted by molar-refractivity contribution is 6.30. The molecule has 4 heteroatoms. The normalized spacial score (nSPS) is 10.7. The number of nitrogens with zero attached hydrogens (tertiary/aromatic N) is 1. The molecule has 0 aliphatic heterocycles. The molecule has 1 heterocycles. The Bertz CT molecular complexity index is 753. The Kier molecular flexibility index (Phi) is 3.54. The summed E-state index contributed by atoms with van der Waals surface area (Å²) in [4.78, 5) is 4.37. The number of para-hydroxylation sites is 1. The molecule has 0 fully saturated rings. The van der Waals surface area contributed by atoms with Crippen molar-refractivity contribution in [3.63, 3.8) is 0 Å². The van der Waals surface area contributed by atoms with E-state index in [1.54, 1.807) is 12.3 Å². The molecule has 0 bridgehead atoms. The van der Waals surface area contributed by atoms with Gasteiger partial charge in [0.15, 0.2) is 5.75 Å². The lowest BCUT2D eigenvalue weighted by molar-refractivity contribution is 0.481. The number of ether oxygens (including phenoxy) is 1. The van der Waals surface area contributed by atoms with Crippen LogP contribution in [0.25, 0.3) is 10.9 Å².